The van der Waals surface area contributed by atoms with Crippen LogP contribution in [-0.2, 0) is 0 Å². The van der Waals surface area contributed by atoms with Crippen molar-refractivity contribution in [2.24, 2.45) is 0 Å². The van der Waals surface area contributed by atoms with Gasteiger partial charge >= 0.3 is 0 Å². The topological polar surface area (TPSA) is 37.3 Å². The maximum atomic E-state index is 11.2. The van der Waals surface area contributed by atoms with Gasteiger partial charge in [-0.2, -0.15) is 0 Å². The second-order valence-corrected chi connectivity index (χ2v) is 3.93. The Morgan fingerprint density at radius 3 is 2.46 bits per heavy atom. The molecule has 1 aromatic carbocycles. The number of phenolic OH excluding ortho intramolecular Hbond substituents is 1. The van der Waals surface area contributed by atoms with Crippen molar-refractivity contribution in [3.05, 3.63) is 27.2 Å². The smallest absolute Gasteiger partial charge is 0.161 e. The summed E-state index contributed by atoms with van der Waals surface area (Å²) < 4.78 is 0.743. The normalized spacial score (nSPS) is 10.2. The molecular weight excluding hydrogens is 232 g/mol. The van der Waals surface area contributed by atoms with Crippen LogP contribution in [-0.4, -0.2) is 10.9 Å². The number of ketones is 1. The number of benzene rings is 1. The van der Waals surface area contributed by atoms with Gasteiger partial charge in [-0.3, -0.25) is 4.79 Å². The molecule has 0 heterocycles. The van der Waals surface area contributed by atoms with Crippen molar-refractivity contribution in [1.82, 2.24) is 0 Å². The molecule has 0 fully saturated rings. The lowest BCUT2D eigenvalue weighted by atomic mass is 10.0. The fourth-order valence-corrected chi connectivity index (χ4v) is 2.28. The van der Waals surface area contributed by atoms with E-state index in [1.54, 1.807) is 19.9 Å². The van der Waals surface area contributed by atoms with Gasteiger partial charge in [0.05, 0.1) is 0 Å². The summed E-state index contributed by atoms with van der Waals surface area (Å²) in [7, 11) is 0. The zero-order valence-corrected chi connectivity index (χ0v) is 9.40. The summed E-state index contributed by atoms with van der Waals surface area (Å²) in [6, 6.07) is 1.75. The number of aryl methyl sites for hydroxylation is 1. The summed E-state index contributed by atoms with van der Waals surface area (Å²) in [5, 5.41) is 9.59. The molecule has 0 aliphatic rings. The third-order valence-electron chi connectivity index (χ3n) is 2.04. The van der Waals surface area contributed by atoms with Crippen LogP contribution < -0.4 is 0 Å². The van der Waals surface area contributed by atoms with Crippen molar-refractivity contribution in [3.8, 4) is 5.75 Å². The van der Waals surface area contributed by atoms with Crippen molar-refractivity contribution >= 4 is 21.7 Å². The first kappa shape index (κ1) is 10.3. The predicted octanol–water partition coefficient (Wildman–Crippen LogP) is 2.97. The molecule has 2 nitrogen and oxygen atoms in total. The van der Waals surface area contributed by atoms with Gasteiger partial charge in [0.2, 0.25) is 0 Å². The van der Waals surface area contributed by atoms with E-state index in [2.05, 4.69) is 15.9 Å². The Kier molecular flexibility index (Phi) is 2.76. The molecule has 70 valence electrons. The lowest BCUT2D eigenvalue weighted by Crippen LogP contribution is -1.99. The van der Waals surface area contributed by atoms with Crippen molar-refractivity contribution in [2.75, 3.05) is 0 Å². The van der Waals surface area contributed by atoms with Gasteiger partial charge in [0.25, 0.3) is 0 Å². The zero-order chi connectivity index (χ0) is 10.2. The molecule has 1 aromatic rings. The van der Waals surface area contributed by atoms with Gasteiger partial charge in [0.1, 0.15) is 5.75 Å². The first-order valence-corrected chi connectivity index (χ1v) is 4.74. The van der Waals surface area contributed by atoms with E-state index in [0.717, 1.165) is 10.0 Å². The van der Waals surface area contributed by atoms with Gasteiger partial charge in [-0.1, -0.05) is 15.9 Å². The Balaban J connectivity index is 3.53. The molecule has 0 bridgehead atoms. The molecule has 1 N–H and O–H groups in total. The van der Waals surface area contributed by atoms with E-state index in [-0.39, 0.29) is 11.5 Å². The lowest BCUT2D eigenvalue weighted by molar-refractivity contribution is 0.101. The molecule has 0 radical (unpaired) electrons. The minimum Gasteiger partial charge on any atom is -0.507 e. The van der Waals surface area contributed by atoms with E-state index in [4.69, 9.17) is 0 Å². The van der Waals surface area contributed by atoms with Gasteiger partial charge in [-0.05, 0) is 32.4 Å². The standard InChI is InChI=1S/C10H11BrO2/c1-5-4-8(11)9(7(3)12)6(2)10(5)13/h4,13H,1-3H3. The average Bonchev–Trinajstić information content (AvgIpc) is 1.99. The van der Waals surface area contributed by atoms with E-state index in [9.17, 15) is 9.90 Å². The van der Waals surface area contributed by atoms with E-state index in [1.165, 1.54) is 6.92 Å². The number of halogens is 1. The first-order valence-electron chi connectivity index (χ1n) is 3.94. The van der Waals surface area contributed by atoms with Crippen LogP contribution in [0.15, 0.2) is 10.5 Å². The molecule has 1 rings (SSSR count). The maximum Gasteiger partial charge on any atom is 0.161 e. The molecule has 0 amide bonds. The molecule has 0 aliphatic carbocycles. The number of carbonyl (C=O) groups is 1. The zero-order valence-electron chi connectivity index (χ0n) is 7.81. The Bertz CT molecular complexity index is 370. The van der Waals surface area contributed by atoms with Gasteiger partial charge in [0.15, 0.2) is 5.78 Å². The Morgan fingerprint density at radius 2 is 2.00 bits per heavy atom. The van der Waals surface area contributed by atoms with Crippen LogP contribution in [0.2, 0.25) is 0 Å². The summed E-state index contributed by atoms with van der Waals surface area (Å²) in [6.45, 7) is 5.03. The fourth-order valence-electron chi connectivity index (χ4n) is 1.36. The van der Waals surface area contributed by atoms with Crippen LogP contribution >= 0.6 is 15.9 Å². The highest BCUT2D eigenvalue weighted by Gasteiger charge is 2.13. The van der Waals surface area contributed by atoms with Gasteiger partial charge in [0, 0.05) is 15.6 Å². The minimum atomic E-state index is -0.0420. The molecule has 0 atom stereocenters. The monoisotopic (exact) mass is 242 g/mol. The Labute approximate surface area is 85.7 Å². The largest absolute Gasteiger partial charge is 0.507 e. The summed E-state index contributed by atoms with van der Waals surface area (Å²) in [4.78, 5) is 11.2. The van der Waals surface area contributed by atoms with Crippen molar-refractivity contribution in [1.29, 1.82) is 0 Å². The van der Waals surface area contributed by atoms with Crippen molar-refractivity contribution < 1.29 is 9.90 Å². The SMILES string of the molecule is CC(=O)c1c(Br)cc(C)c(O)c1C. The molecule has 3 heteroatoms. The van der Waals surface area contributed by atoms with Crippen molar-refractivity contribution in [2.45, 2.75) is 20.8 Å². The Morgan fingerprint density at radius 1 is 1.46 bits per heavy atom. The average molecular weight is 243 g/mol. The minimum absolute atomic E-state index is 0.0420. The fraction of sp³-hybridized carbons (Fsp3) is 0.300. The summed E-state index contributed by atoms with van der Waals surface area (Å²) >= 11 is 3.30. The highest BCUT2D eigenvalue weighted by atomic mass is 79.9. The highest BCUT2D eigenvalue weighted by Crippen LogP contribution is 2.31. The number of phenols is 1. The molecule has 0 unspecified atom stereocenters. The molecular formula is C10H11BrO2. The third kappa shape index (κ3) is 1.75. The summed E-state index contributed by atoms with van der Waals surface area (Å²) in [5.41, 5.74) is 1.97. The lowest BCUT2D eigenvalue weighted by Gasteiger charge is -2.09. The molecule has 13 heavy (non-hydrogen) atoms. The number of hydrogen-bond donors (Lipinski definition) is 1. The van der Waals surface area contributed by atoms with Crippen LogP contribution in [0, 0.1) is 13.8 Å². The van der Waals surface area contributed by atoms with Gasteiger partial charge in [-0.25, -0.2) is 0 Å². The number of rotatable bonds is 1. The quantitative estimate of drug-likeness (QED) is 0.770. The van der Waals surface area contributed by atoms with E-state index >= 15 is 0 Å². The van der Waals surface area contributed by atoms with Gasteiger partial charge < -0.3 is 5.11 Å². The predicted molar refractivity (Wildman–Crippen MR) is 55.3 cm³/mol. The third-order valence-corrected chi connectivity index (χ3v) is 2.66. The van der Waals surface area contributed by atoms with Crippen LogP contribution in [0.4, 0.5) is 0 Å². The highest BCUT2D eigenvalue weighted by molar-refractivity contribution is 9.10. The summed E-state index contributed by atoms with van der Waals surface area (Å²) in [6.07, 6.45) is 0. The number of carbonyl (C=O) groups excluding carboxylic acids is 1. The number of Topliss-reactive ketones (excluding diaryl/α,β-unsaturated/α-hetero) is 1. The number of hydrogen-bond acceptors (Lipinski definition) is 2. The first-order chi connectivity index (χ1) is 5.95. The van der Waals surface area contributed by atoms with Crippen LogP contribution in [0.5, 0.6) is 5.75 Å². The molecule has 0 saturated heterocycles. The molecule has 0 aliphatic heterocycles. The Hall–Kier alpha value is -0.830. The molecule has 0 aromatic heterocycles. The van der Waals surface area contributed by atoms with Crippen LogP contribution in [0.3, 0.4) is 0 Å². The van der Waals surface area contributed by atoms with E-state index in [0.29, 0.717) is 11.1 Å². The second-order valence-electron chi connectivity index (χ2n) is 3.08. The second kappa shape index (κ2) is 3.50. The van der Waals surface area contributed by atoms with Crippen LogP contribution in [0.25, 0.3) is 0 Å². The molecule has 0 saturated carbocycles. The van der Waals surface area contributed by atoms with Gasteiger partial charge in [-0.15, -0.1) is 0 Å². The molecule has 0 spiro atoms. The maximum absolute atomic E-state index is 11.2. The van der Waals surface area contributed by atoms with Crippen LogP contribution in [0.1, 0.15) is 28.4 Å². The summed E-state index contributed by atoms with van der Waals surface area (Å²) in [5.74, 6) is 0.160. The van der Waals surface area contributed by atoms with E-state index < -0.39 is 0 Å². The van der Waals surface area contributed by atoms with E-state index in [1.807, 2.05) is 0 Å². The number of aromatic hydroxyl groups is 1. The van der Waals surface area contributed by atoms with Crippen molar-refractivity contribution in [3.63, 3.8) is 0 Å².